The Morgan fingerprint density at radius 1 is 1.00 bits per heavy atom. The van der Waals surface area contributed by atoms with Crippen molar-refractivity contribution in [2.24, 2.45) is 5.92 Å². The van der Waals surface area contributed by atoms with Crippen LogP contribution < -0.4 is 5.32 Å². The lowest BCUT2D eigenvalue weighted by atomic mass is 9.88. The molecule has 1 aliphatic carbocycles. The first-order chi connectivity index (χ1) is 11.6. The molecule has 0 aromatic heterocycles. The standard InChI is InChI=1S/C19H25BrN2O2/c20-17-9-5-4-8-16(17)19(24)22-12-10-15(11-13-22)21-18(23)14-6-2-1-3-7-14/h4-5,8-9,14-15H,1-3,6-7,10-13H2,(H,21,23). The zero-order chi connectivity index (χ0) is 16.9. The fourth-order valence-corrected chi connectivity index (χ4v) is 4.17. The van der Waals surface area contributed by atoms with Gasteiger partial charge in [-0.25, -0.2) is 0 Å². The number of halogens is 1. The van der Waals surface area contributed by atoms with Gasteiger partial charge in [-0.1, -0.05) is 31.4 Å². The zero-order valence-corrected chi connectivity index (χ0v) is 15.6. The summed E-state index contributed by atoms with van der Waals surface area (Å²) in [6, 6.07) is 7.75. The van der Waals surface area contributed by atoms with Crippen LogP contribution in [0.1, 0.15) is 55.3 Å². The van der Waals surface area contributed by atoms with E-state index in [-0.39, 0.29) is 23.8 Å². The second kappa shape index (κ2) is 8.15. The van der Waals surface area contributed by atoms with Gasteiger partial charge in [0.15, 0.2) is 0 Å². The van der Waals surface area contributed by atoms with Gasteiger partial charge in [0.25, 0.3) is 5.91 Å². The van der Waals surface area contributed by atoms with Crippen molar-refractivity contribution >= 4 is 27.7 Å². The number of likely N-dealkylation sites (tertiary alicyclic amines) is 1. The third-order valence-corrected chi connectivity index (χ3v) is 5.90. The Labute approximate surface area is 152 Å². The number of hydrogen-bond donors (Lipinski definition) is 1. The summed E-state index contributed by atoms with van der Waals surface area (Å²) in [5.41, 5.74) is 0.710. The van der Waals surface area contributed by atoms with Gasteiger partial charge in [-0.3, -0.25) is 9.59 Å². The summed E-state index contributed by atoms with van der Waals surface area (Å²) in [5, 5.41) is 3.21. The molecule has 2 fully saturated rings. The highest BCUT2D eigenvalue weighted by molar-refractivity contribution is 9.10. The van der Waals surface area contributed by atoms with Crippen LogP contribution in [0, 0.1) is 5.92 Å². The minimum Gasteiger partial charge on any atom is -0.353 e. The molecular weight excluding hydrogens is 368 g/mol. The molecule has 1 saturated carbocycles. The number of piperidine rings is 1. The third-order valence-electron chi connectivity index (χ3n) is 5.21. The van der Waals surface area contributed by atoms with E-state index in [1.54, 1.807) is 0 Å². The van der Waals surface area contributed by atoms with Gasteiger partial charge < -0.3 is 10.2 Å². The lowest BCUT2D eigenvalue weighted by Crippen LogP contribution is -2.48. The van der Waals surface area contributed by atoms with E-state index < -0.39 is 0 Å². The molecule has 2 aliphatic rings. The van der Waals surface area contributed by atoms with Crippen LogP contribution in [0.25, 0.3) is 0 Å². The maximum absolute atomic E-state index is 12.6. The highest BCUT2D eigenvalue weighted by Gasteiger charge is 2.28. The van der Waals surface area contributed by atoms with Crippen molar-refractivity contribution in [1.82, 2.24) is 10.2 Å². The number of nitrogens with one attached hydrogen (secondary N) is 1. The highest BCUT2D eigenvalue weighted by Crippen LogP contribution is 2.25. The maximum atomic E-state index is 12.6. The minimum atomic E-state index is 0.0690. The molecule has 0 atom stereocenters. The van der Waals surface area contributed by atoms with Crippen molar-refractivity contribution in [1.29, 1.82) is 0 Å². The van der Waals surface area contributed by atoms with E-state index in [0.29, 0.717) is 18.7 Å². The topological polar surface area (TPSA) is 49.4 Å². The van der Waals surface area contributed by atoms with Crippen LogP contribution in [0.2, 0.25) is 0 Å². The van der Waals surface area contributed by atoms with Crippen LogP contribution >= 0.6 is 15.9 Å². The number of benzene rings is 1. The smallest absolute Gasteiger partial charge is 0.254 e. The Hall–Kier alpha value is -1.36. The molecule has 1 aliphatic heterocycles. The summed E-state index contributed by atoms with van der Waals surface area (Å²) >= 11 is 3.45. The Morgan fingerprint density at radius 3 is 2.33 bits per heavy atom. The van der Waals surface area contributed by atoms with Crippen LogP contribution in [-0.2, 0) is 4.79 Å². The van der Waals surface area contributed by atoms with Crippen molar-refractivity contribution in [3.05, 3.63) is 34.3 Å². The fraction of sp³-hybridized carbons (Fsp3) is 0.579. The molecule has 24 heavy (non-hydrogen) atoms. The van der Waals surface area contributed by atoms with Crippen LogP contribution in [0.5, 0.6) is 0 Å². The fourth-order valence-electron chi connectivity index (χ4n) is 3.72. The average molecular weight is 393 g/mol. The first-order valence-corrected chi connectivity index (χ1v) is 9.78. The molecule has 1 heterocycles. The summed E-state index contributed by atoms with van der Waals surface area (Å²) in [6.07, 6.45) is 7.37. The lowest BCUT2D eigenvalue weighted by Gasteiger charge is -2.33. The molecule has 1 saturated heterocycles. The molecule has 2 amide bonds. The van der Waals surface area contributed by atoms with Gasteiger partial charge >= 0.3 is 0 Å². The molecule has 3 rings (SSSR count). The summed E-state index contributed by atoms with van der Waals surface area (Å²) in [7, 11) is 0. The Kier molecular flexibility index (Phi) is 5.93. The van der Waals surface area contributed by atoms with Crippen molar-refractivity contribution in [2.75, 3.05) is 13.1 Å². The van der Waals surface area contributed by atoms with Crippen molar-refractivity contribution < 1.29 is 9.59 Å². The van der Waals surface area contributed by atoms with E-state index in [4.69, 9.17) is 0 Å². The van der Waals surface area contributed by atoms with Crippen LogP contribution in [0.4, 0.5) is 0 Å². The predicted molar refractivity (Wildman–Crippen MR) is 97.8 cm³/mol. The Morgan fingerprint density at radius 2 is 1.67 bits per heavy atom. The molecule has 130 valence electrons. The molecule has 0 radical (unpaired) electrons. The second-order valence-corrected chi connectivity index (χ2v) is 7.74. The number of carbonyl (C=O) groups is 2. The molecule has 1 aromatic carbocycles. The van der Waals surface area contributed by atoms with Crippen LogP contribution in [0.15, 0.2) is 28.7 Å². The molecular formula is C19H25BrN2O2. The zero-order valence-electron chi connectivity index (χ0n) is 14.0. The highest BCUT2D eigenvalue weighted by atomic mass is 79.9. The predicted octanol–water partition coefficient (Wildman–Crippen LogP) is 3.75. The van der Waals surface area contributed by atoms with E-state index >= 15 is 0 Å². The molecule has 1 aromatic rings. The molecule has 5 heteroatoms. The van der Waals surface area contributed by atoms with Gasteiger partial charge in [-0.15, -0.1) is 0 Å². The maximum Gasteiger partial charge on any atom is 0.254 e. The van der Waals surface area contributed by atoms with E-state index in [0.717, 1.165) is 30.2 Å². The molecule has 1 N–H and O–H groups in total. The van der Waals surface area contributed by atoms with Gasteiger partial charge in [0.1, 0.15) is 0 Å². The van der Waals surface area contributed by atoms with Crippen molar-refractivity contribution in [3.63, 3.8) is 0 Å². The number of amides is 2. The van der Waals surface area contributed by atoms with Gasteiger partial charge in [0.2, 0.25) is 5.91 Å². The average Bonchev–Trinajstić information content (AvgIpc) is 2.63. The summed E-state index contributed by atoms with van der Waals surface area (Å²) in [6.45, 7) is 1.41. The van der Waals surface area contributed by atoms with E-state index in [1.807, 2.05) is 29.2 Å². The normalized spacial score (nSPS) is 20.0. The molecule has 4 nitrogen and oxygen atoms in total. The largest absolute Gasteiger partial charge is 0.353 e. The SMILES string of the molecule is O=C(NC1CCN(C(=O)c2ccccc2Br)CC1)C1CCCCC1. The third kappa shape index (κ3) is 4.18. The van der Waals surface area contributed by atoms with Gasteiger partial charge in [0.05, 0.1) is 5.56 Å². The molecule has 0 spiro atoms. The van der Waals surface area contributed by atoms with Gasteiger partial charge in [0, 0.05) is 29.5 Å². The molecule has 0 unspecified atom stereocenters. The van der Waals surface area contributed by atoms with Gasteiger partial charge in [-0.2, -0.15) is 0 Å². The van der Waals surface area contributed by atoms with E-state index in [1.165, 1.54) is 19.3 Å². The number of rotatable bonds is 3. The summed E-state index contributed by atoms with van der Waals surface area (Å²) < 4.78 is 0.836. The van der Waals surface area contributed by atoms with Crippen molar-refractivity contribution in [2.45, 2.75) is 51.0 Å². The molecule has 0 bridgehead atoms. The van der Waals surface area contributed by atoms with E-state index in [9.17, 15) is 9.59 Å². The summed E-state index contributed by atoms with van der Waals surface area (Å²) in [4.78, 5) is 26.8. The minimum absolute atomic E-state index is 0.0690. The number of carbonyl (C=O) groups excluding carboxylic acids is 2. The van der Waals surface area contributed by atoms with Crippen LogP contribution in [0.3, 0.4) is 0 Å². The van der Waals surface area contributed by atoms with Crippen LogP contribution in [-0.4, -0.2) is 35.8 Å². The number of hydrogen-bond acceptors (Lipinski definition) is 2. The Balaban J connectivity index is 1.49. The monoisotopic (exact) mass is 392 g/mol. The second-order valence-electron chi connectivity index (χ2n) is 6.89. The Bertz CT molecular complexity index is 591. The first kappa shape index (κ1) is 17.5. The lowest BCUT2D eigenvalue weighted by molar-refractivity contribution is -0.126. The number of nitrogens with zero attached hydrogens (tertiary/aromatic N) is 1. The summed E-state index contributed by atoms with van der Waals surface area (Å²) in [5.74, 6) is 0.503. The van der Waals surface area contributed by atoms with Gasteiger partial charge in [-0.05, 0) is 53.7 Å². The van der Waals surface area contributed by atoms with E-state index in [2.05, 4.69) is 21.2 Å². The van der Waals surface area contributed by atoms with Crippen molar-refractivity contribution in [3.8, 4) is 0 Å². The first-order valence-electron chi connectivity index (χ1n) is 8.99. The quantitative estimate of drug-likeness (QED) is 0.851.